The quantitative estimate of drug-likeness (QED) is 0.538. The van der Waals surface area contributed by atoms with Gasteiger partial charge < -0.3 is 25.2 Å². The molecular weight excluding hydrogens is 436 g/mol. The molecule has 34 heavy (non-hydrogen) atoms. The highest BCUT2D eigenvalue weighted by Gasteiger charge is 2.47. The van der Waals surface area contributed by atoms with E-state index >= 15 is 0 Å². The molecule has 0 saturated heterocycles. The first-order valence-electron chi connectivity index (χ1n) is 11.3. The van der Waals surface area contributed by atoms with Crippen molar-refractivity contribution in [2.24, 2.45) is 0 Å². The number of phenols is 1. The predicted molar refractivity (Wildman–Crippen MR) is 126 cm³/mol. The Bertz CT molecular complexity index is 1020. The van der Waals surface area contributed by atoms with E-state index in [4.69, 9.17) is 9.47 Å². The molecule has 1 aliphatic rings. The number of amides is 2. The van der Waals surface area contributed by atoms with Gasteiger partial charge in [0.05, 0.1) is 6.61 Å². The normalized spacial score (nSPS) is 15.1. The van der Waals surface area contributed by atoms with Gasteiger partial charge in [0.25, 0.3) is 0 Å². The molecule has 0 heterocycles. The molecule has 2 aromatic rings. The van der Waals surface area contributed by atoms with Crippen molar-refractivity contribution in [2.75, 3.05) is 6.61 Å². The number of ether oxygens (including phenoxy) is 2. The summed E-state index contributed by atoms with van der Waals surface area (Å²) < 4.78 is 10.6. The summed E-state index contributed by atoms with van der Waals surface area (Å²) >= 11 is 0. The van der Waals surface area contributed by atoms with E-state index in [0.717, 1.165) is 16.7 Å². The molecule has 0 aromatic heterocycles. The van der Waals surface area contributed by atoms with Crippen molar-refractivity contribution >= 4 is 18.0 Å². The van der Waals surface area contributed by atoms with Crippen LogP contribution in [-0.4, -0.2) is 46.9 Å². The molecule has 3 N–H and O–H groups in total. The third-order valence-electron chi connectivity index (χ3n) is 5.53. The summed E-state index contributed by atoms with van der Waals surface area (Å²) in [5.41, 5.74) is 0.575. The minimum absolute atomic E-state index is 0.102. The second-order valence-electron chi connectivity index (χ2n) is 9.48. The Morgan fingerprint density at radius 2 is 1.62 bits per heavy atom. The first kappa shape index (κ1) is 25.1. The van der Waals surface area contributed by atoms with Crippen molar-refractivity contribution in [1.29, 1.82) is 0 Å². The van der Waals surface area contributed by atoms with Gasteiger partial charge in [0, 0.05) is 19.3 Å². The number of fused-ring (bicyclic) bond motifs is 1. The Hall–Kier alpha value is -3.55. The molecule has 0 unspecified atom stereocenters. The number of rotatable bonds is 7. The molecule has 0 saturated carbocycles. The van der Waals surface area contributed by atoms with Crippen LogP contribution in [0.2, 0.25) is 0 Å². The highest BCUT2D eigenvalue weighted by molar-refractivity contribution is 5.94. The number of hydrogen-bond acceptors (Lipinski definition) is 6. The maximum absolute atomic E-state index is 13.7. The van der Waals surface area contributed by atoms with Gasteiger partial charge in [0.1, 0.15) is 22.9 Å². The minimum Gasteiger partial charge on any atom is -0.508 e. The van der Waals surface area contributed by atoms with Crippen molar-refractivity contribution in [3.63, 3.8) is 0 Å². The Morgan fingerprint density at radius 1 is 1.03 bits per heavy atom. The van der Waals surface area contributed by atoms with Crippen LogP contribution in [0.25, 0.3) is 0 Å². The molecule has 0 radical (unpaired) electrons. The maximum Gasteiger partial charge on any atom is 0.408 e. The number of aromatic hydroxyl groups is 1. The SMILES string of the molecule is CCOC(=O)[C@H](Cc1ccc(O)cc1)NC(=O)C1(NC(=O)OC(C)(C)C)Cc2ccccc2C1. The fraction of sp³-hybridized carbons (Fsp3) is 0.423. The van der Waals surface area contributed by atoms with Crippen molar-refractivity contribution in [2.45, 2.75) is 64.1 Å². The minimum atomic E-state index is -1.31. The molecule has 8 heteroatoms. The standard InChI is InChI=1S/C26H32N2O6/c1-5-33-22(30)21(14-17-10-12-20(29)13-11-17)27-23(31)26(28-24(32)34-25(2,3)4)15-18-8-6-7-9-19(18)16-26/h6-13,21,29H,5,14-16H2,1-4H3,(H,27,31)(H,28,32)/t21-/m0/s1. The van der Waals surface area contributed by atoms with Crippen LogP contribution >= 0.6 is 0 Å². The number of hydrogen-bond donors (Lipinski definition) is 3. The molecule has 182 valence electrons. The van der Waals surface area contributed by atoms with Gasteiger partial charge in [-0.15, -0.1) is 0 Å². The third-order valence-corrected chi connectivity index (χ3v) is 5.53. The lowest BCUT2D eigenvalue weighted by Crippen LogP contribution is -2.62. The Balaban J connectivity index is 1.86. The lowest BCUT2D eigenvalue weighted by molar-refractivity contribution is -0.148. The van der Waals surface area contributed by atoms with Crippen LogP contribution < -0.4 is 10.6 Å². The van der Waals surface area contributed by atoms with Gasteiger partial charge in [-0.05, 0) is 56.5 Å². The average Bonchev–Trinajstić information content (AvgIpc) is 3.12. The van der Waals surface area contributed by atoms with E-state index in [9.17, 15) is 19.5 Å². The smallest absolute Gasteiger partial charge is 0.408 e. The Morgan fingerprint density at radius 3 is 2.15 bits per heavy atom. The molecule has 0 aliphatic heterocycles. The van der Waals surface area contributed by atoms with Crippen LogP contribution in [-0.2, 0) is 38.3 Å². The molecular formula is C26H32N2O6. The Labute approximate surface area is 199 Å². The number of benzene rings is 2. The van der Waals surface area contributed by atoms with Gasteiger partial charge in [-0.25, -0.2) is 9.59 Å². The molecule has 0 fully saturated rings. The number of alkyl carbamates (subject to hydrolysis) is 1. The lowest BCUT2D eigenvalue weighted by atomic mass is 9.93. The van der Waals surface area contributed by atoms with Gasteiger partial charge in [-0.2, -0.15) is 0 Å². The summed E-state index contributed by atoms with van der Waals surface area (Å²) in [7, 11) is 0. The van der Waals surface area contributed by atoms with E-state index in [1.165, 1.54) is 12.1 Å². The molecule has 2 aromatic carbocycles. The zero-order chi connectivity index (χ0) is 24.9. The van der Waals surface area contributed by atoms with Gasteiger partial charge in [0.2, 0.25) is 5.91 Å². The fourth-order valence-electron chi connectivity index (χ4n) is 4.02. The summed E-state index contributed by atoms with van der Waals surface area (Å²) in [6, 6.07) is 13.0. The molecule has 0 bridgehead atoms. The summed E-state index contributed by atoms with van der Waals surface area (Å²) in [4.78, 5) is 39.1. The van der Waals surface area contributed by atoms with Crippen molar-refractivity contribution in [1.82, 2.24) is 10.6 Å². The molecule has 3 rings (SSSR count). The van der Waals surface area contributed by atoms with Crippen LogP contribution in [0.3, 0.4) is 0 Å². The van der Waals surface area contributed by atoms with E-state index < -0.39 is 35.2 Å². The largest absolute Gasteiger partial charge is 0.508 e. The summed E-state index contributed by atoms with van der Waals surface area (Å²) in [6.45, 7) is 7.09. The second-order valence-corrected chi connectivity index (χ2v) is 9.48. The van der Waals surface area contributed by atoms with E-state index in [1.54, 1.807) is 39.8 Å². The molecule has 8 nitrogen and oxygen atoms in total. The van der Waals surface area contributed by atoms with Gasteiger partial charge >= 0.3 is 12.1 Å². The van der Waals surface area contributed by atoms with Gasteiger partial charge in [0.15, 0.2) is 0 Å². The highest BCUT2D eigenvalue weighted by atomic mass is 16.6. The van der Waals surface area contributed by atoms with Crippen LogP contribution in [0.4, 0.5) is 4.79 Å². The van der Waals surface area contributed by atoms with Gasteiger partial charge in [-0.3, -0.25) is 4.79 Å². The van der Waals surface area contributed by atoms with Crippen LogP contribution in [0.15, 0.2) is 48.5 Å². The lowest BCUT2D eigenvalue weighted by Gasteiger charge is -2.32. The first-order chi connectivity index (χ1) is 16.0. The van der Waals surface area contributed by atoms with Crippen molar-refractivity contribution in [3.05, 3.63) is 65.2 Å². The van der Waals surface area contributed by atoms with E-state index in [1.807, 2.05) is 24.3 Å². The maximum atomic E-state index is 13.7. The van der Waals surface area contributed by atoms with Crippen molar-refractivity contribution < 1.29 is 29.0 Å². The highest BCUT2D eigenvalue weighted by Crippen LogP contribution is 2.31. The molecule has 1 atom stereocenters. The summed E-state index contributed by atoms with van der Waals surface area (Å²) in [5, 5.41) is 15.1. The number of esters is 1. The third kappa shape index (κ3) is 6.27. The first-order valence-corrected chi connectivity index (χ1v) is 11.3. The summed E-state index contributed by atoms with van der Waals surface area (Å²) in [5.74, 6) is -0.969. The van der Waals surface area contributed by atoms with Crippen LogP contribution in [0.5, 0.6) is 5.75 Å². The predicted octanol–water partition coefficient (Wildman–Crippen LogP) is 3.04. The second kappa shape index (κ2) is 10.2. The number of carbonyl (C=O) groups is 3. The fourth-order valence-corrected chi connectivity index (χ4v) is 4.02. The van der Waals surface area contributed by atoms with Gasteiger partial charge in [-0.1, -0.05) is 36.4 Å². The summed E-state index contributed by atoms with van der Waals surface area (Å²) in [6.07, 6.45) is -0.00606. The molecule has 1 aliphatic carbocycles. The van der Waals surface area contributed by atoms with E-state index in [0.29, 0.717) is 0 Å². The zero-order valence-electron chi connectivity index (χ0n) is 20.0. The molecule has 0 spiro atoms. The monoisotopic (exact) mass is 468 g/mol. The molecule has 2 amide bonds. The zero-order valence-corrected chi connectivity index (χ0v) is 20.0. The van der Waals surface area contributed by atoms with E-state index in [-0.39, 0.29) is 31.6 Å². The topological polar surface area (TPSA) is 114 Å². The van der Waals surface area contributed by atoms with Crippen LogP contribution in [0, 0.1) is 0 Å². The van der Waals surface area contributed by atoms with Crippen LogP contribution in [0.1, 0.15) is 44.4 Å². The van der Waals surface area contributed by atoms with Crippen molar-refractivity contribution in [3.8, 4) is 5.75 Å². The Kier molecular flexibility index (Phi) is 7.49. The van der Waals surface area contributed by atoms with E-state index in [2.05, 4.69) is 10.6 Å². The number of nitrogens with one attached hydrogen (secondary N) is 2. The number of phenolic OH excluding ortho intramolecular Hbond substituents is 1. The number of carbonyl (C=O) groups excluding carboxylic acids is 3. The average molecular weight is 469 g/mol.